The third kappa shape index (κ3) is 4.81. The molecule has 170 valence electrons. The number of anilines is 1. The van der Waals surface area contributed by atoms with Crippen molar-refractivity contribution in [2.75, 3.05) is 5.32 Å². The Morgan fingerprint density at radius 2 is 1.91 bits per heavy atom. The SMILES string of the molecule is CC(C[C@H]1CC[C@@H](c2ccnc3ccc(F)cc32)CC1)Nc1cc(=O)oc2cc(Br)ccc12. The molecular formula is C27H26BrFN2O2. The summed E-state index contributed by atoms with van der Waals surface area (Å²) >= 11 is 3.43. The van der Waals surface area contributed by atoms with E-state index in [2.05, 4.69) is 39.2 Å². The molecule has 0 radical (unpaired) electrons. The first-order chi connectivity index (χ1) is 16.0. The van der Waals surface area contributed by atoms with E-state index in [4.69, 9.17) is 4.42 Å². The number of benzene rings is 2. The predicted molar refractivity (Wildman–Crippen MR) is 134 cm³/mol. The minimum absolute atomic E-state index is 0.208. The number of pyridine rings is 1. The largest absolute Gasteiger partial charge is 0.423 e. The van der Waals surface area contributed by atoms with Gasteiger partial charge in [-0.1, -0.05) is 15.9 Å². The van der Waals surface area contributed by atoms with Gasteiger partial charge in [0.05, 0.1) is 11.2 Å². The molecule has 33 heavy (non-hydrogen) atoms. The van der Waals surface area contributed by atoms with Gasteiger partial charge in [-0.25, -0.2) is 9.18 Å². The Bertz CT molecular complexity index is 1360. The van der Waals surface area contributed by atoms with Gasteiger partial charge < -0.3 is 9.73 Å². The second-order valence-corrected chi connectivity index (χ2v) is 10.1. The van der Waals surface area contributed by atoms with Crippen LogP contribution in [0.3, 0.4) is 0 Å². The Labute approximate surface area is 200 Å². The lowest BCUT2D eigenvalue weighted by molar-refractivity contribution is 0.302. The van der Waals surface area contributed by atoms with E-state index in [9.17, 15) is 9.18 Å². The fourth-order valence-electron chi connectivity index (χ4n) is 5.29. The molecule has 0 spiro atoms. The normalized spacial score (nSPS) is 19.6. The van der Waals surface area contributed by atoms with Crippen LogP contribution in [0.4, 0.5) is 10.1 Å². The van der Waals surface area contributed by atoms with Crippen molar-refractivity contribution in [3.8, 4) is 0 Å². The van der Waals surface area contributed by atoms with Crippen LogP contribution in [0.1, 0.15) is 50.5 Å². The van der Waals surface area contributed by atoms with Gasteiger partial charge in [-0.3, -0.25) is 4.98 Å². The maximum absolute atomic E-state index is 13.8. The number of rotatable bonds is 5. The molecule has 0 amide bonds. The smallest absolute Gasteiger partial charge is 0.338 e. The van der Waals surface area contributed by atoms with Crippen LogP contribution in [0.25, 0.3) is 21.9 Å². The summed E-state index contributed by atoms with van der Waals surface area (Å²) in [5.41, 5.74) is 3.13. The van der Waals surface area contributed by atoms with Gasteiger partial charge in [0.2, 0.25) is 0 Å². The summed E-state index contributed by atoms with van der Waals surface area (Å²) < 4.78 is 20.1. The number of hydrogen-bond donors (Lipinski definition) is 1. The van der Waals surface area contributed by atoms with Gasteiger partial charge in [-0.05, 0) is 98.9 Å². The van der Waals surface area contributed by atoms with E-state index in [0.717, 1.165) is 58.6 Å². The molecule has 1 atom stereocenters. The highest BCUT2D eigenvalue weighted by Gasteiger charge is 2.25. The summed E-state index contributed by atoms with van der Waals surface area (Å²) in [5.74, 6) is 0.854. The van der Waals surface area contributed by atoms with Crippen LogP contribution >= 0.6 is 15.9 Å². The fourth-order valence-corrected chi connectivity index (χ4v) is 5.63. The molecule has 1 saturated carbocycles. The average Bonchev–Trinajstić information content (AvgIpc) is 2.78. The second kappa shape index (κ2) is 9.26. The Morgan fingerprint density at radius 1 is 1.09 bits per heavy atom. The molecular weight excluding hydrogens is 483 g/mol. The Balaban J connectivity index is 1.25. The Kier molecular flexibility index (Phi) is 6.19. The van der Waals surface area contributed by atoms with Crippen LogP contribution in [0.15, 0.2) is 68.4 Å². The van der Waals surface area contributed by atoms with Crippen molar-refractivity contribution in [1.29, 1.82) is 0 Å². The molecule has 1 N–H and O–H groups in total. The van der Waals surface area contributed by atoms with Crippen molar-refractivity contribution in [1.82, 2.24) is 4.98 Å². The van der Waals surface area contributed by atoms with Gasteiger partial charge in [0, 0.05) is 33.6 Å². The first kappa shape index (κ1) is 22.1. The summed E-state index contributed by atoms with van der Waals surface area (Å²) in [7, 11) is 0. The highest BCUT2D eigenvalue weighted by Crippen LogP contribution is 2.40. The van der Waals surface area contributed by atoms with Gasteiger partial charge >= 0.3 is 5.63 Å². The highest BCUT2D eigenvalue weighted by atomic mass is 79.9. The molecule has 4 nitrogen and oxygen atoms in total. The average molecular weight is 509 g/mol. The quantitative estimate of drug-likeness (QED) is 0.285. The molecule has 6 heteroatoms. The molecule has 0 saturated heterocycles. The van der Waals surface area contributed by atoms with Crippen molar-refractivity contribution < 1.29 is 8.81 Å². The molecule has 2 aromatic carbocycles. The molecule has 2 heterocycles. The first-order valence-electron chi connectivity index (χ1n) is 11.5. The van der Waals surface area contributed by atoms with E-state index >= 15 is 0 Å². The van der Waals surface area contributed by atoms with Crippen LogP contribution < -0.4 is 10.9 Å². The van der Waals surface area contributed by atoms with E-state index < -0.39 is 0 Å². The van der Waals surface area contributed by atoms with E-state index in [1.54, 1.807) is 12.1 Å². The van der Waals surface area contributed by atoms with Crippen LogP contribution in [-0.4, -0.2) is 11.0 Å². The molecule has 1 aliphatic rings. The summed E-state index contributed by atoms with van der Waals surface area (Å²) in [6, 6.07) is 14.4. The zero-order valence-electron chi connectivity index (χ0n) is 18.5. The molecule has 1 fully saturated rings. The molecule has 2 aromatic heterocycles. The zero-order valence-corrected chi connectivity index (χ0v) is 20.1. The number of aromatic nitrogens is 1. The topological polar surface area (TPSA) is 55.1 Å². The molecule has 0 aliphatic heterocycles. The van der Waals surface area contributed by atoms with Crippen molar-refractivity contribution in [2.24, 2.45) is 5.92 Å². The number of nitrogens with one attached hydrogen (secondary N) is 1. The first-order valence-corrected chi connectivity index (χ1v) is 12.3. The van der Waals surface area contributed by atoms with Crippen LogP contribution in [0, 0.1) is 11.7 Å². The van der Waals surface area contributed by atoms with Gasteiger partial charge in [-0.15, -0.1) is 0 Å². The number of hydrogen-bond acceptors (Lipinski definition) is 4. The Hall–Kier alpha value is -2.73. The van der Waals surface area contributed by atoms with Crippen molar-refractivity contribution in [2.45, 2.75) is 51.0 Å². The second-order valence-electron chi connectivity index (χ2n) is 9.18. The summed E-state index contributed by atoms with van der Waals surface area (Å²) in [4.78, 5) is 16.4. The lowest BCUT2D eigenvalue weighted by atomic mass is 9.76. The standard InChI is InChI=1S/C27H26BrFN2O2/c1-16(31-25-15-27(32)33-26-13-19(28)6-8-22(25)26)12-17-2-4-18(5-3-17)21-10-11-30-24-9-7-20(29)14-23(21)24/h6-11,13-18,31H,2-5,12H2,1H3/t16?,17-,18+. The van der Waals surface area contributed by atoms with Crippen molar-refractivity contribution >= 4 is 43.5 Å². The molecule has 0 bridgehead atoms. The lowest BCUT2D eigenvalue weighted by Crippen LogP contribution is -2.23. The van der Waals surface area contributed by atoms with Crippen molar-refractivity contribution in [3.63, 3.8) is 0 Å². The number of nitrogens with zero attached hydrogens (tertiary/aromatic N) is 1. The molecule has 1 aliphatic carbocycles. The minimum Gasteiger partial charge on any atom is -0.423 e. The van der Waals surface area contributed by atoms with Crippen LogP contribution in [0.5, 0.6) is 0 Å². The van der Waals surface area contributed by atoms with E-state index in [-0.39, 0.29) is 17.5 Å². The summed E-state index contributed by atoms with van der Waals surface area (Å²) in [5, 5.41) is 5.39. The third-order valence-corrected chi connectivity index (χ3v) is 7.31. The monoisotopic (exact) mass is 508 g/mol. The van der Waals surface area contributed by atoms with E-state index in [0.29, 0.717) is 17.4 Å². The number of fused-ring (bicyclic) bond motifs is 2. The molecule has 5 rings (SSSR count). The number of halogens is 2. The minimum atomic E-state index is -0.350. The van der Waals surface area contributed by atoms with Gasteiger partial charge in [0.15, 0.2) is 0 Å². The van der Waals surface area contributed by atoms with Crippen molar-refractivity contribution in [3.05, 3.63) is 81.0 Å². The maximum Gasteiger partial charge on any atom is 0.338 e. The van der Waals surface area contributed by atoms with Gasteiger partial charge in [0.1, 0.15) is 11.4 Å². The predicted octanol–water partition coefficient (Wildman–Crippen LogP) is 7.41. The van der Waals surface area contributed by atoms with E-state index in [1.165, 1.54) is 17.7 Å². The van der Waals surface area contributed by atoms with E-state index in [1.807, 2.05) is 24.4 Å². The zero-order chi connectivity index (χ0) is 22.9. The Morgan fingerprint density at radius 3 is 2.73 bits per heavy atom. The lowest BCUT2D eigenvalue weighted by Gasteiger charge is -2.31. The summed E-state index contributed by atoms with van der Waals surface area (Å²) in [6.45, 7) is 2.17. The maximum atomic E-state index is 13.8. The molecule has 4 aromatic rings. The van der Waals surface area contributed by atoms with Gasteiger partial charge in [0.25, 0.3) is 0 Å². The van der Waals surface area contributed by atoms with Crippen LogP contribution in [-0.2, 0) is 0 Å². The molecule has 1 unspecified atom stereocenters. The summed E-state index contributed by atoms with van der Waals surface area (Å²) in [6.07, 6.45) is 7.35. The van der Waals surface area contributed by atoms with Crippen LogP contribution in [0.2, 0.25) is 0 Å². The fraction of sp³-hybridized carbons (Fsp3) is 0.333. The highest BCUT2D eigenvalue weighted by molar-refractivity contribution is 9.10. The third-order valence-electron chi connectivity index (χ3n) is 6.82. The van der Waals surface area contributed by atoms with Gasteiger partial charge in [-0.2, -0.15) is 0 Å².